The Kier molecular flexibility index (Phi) is 1.77. The molecule has 0 unspecified atom stereocenters. The van der Waals surface area contributed by atoms with Crippen molar-refractivity contribution in [2.45, 2.75) is 0 Å². The van der Waals surface area contributed by atoms with Crippen molar-refractivity contribution >= 4 is 11.2 Å². The van der Waals surface area contributed by atoms with Crippen molar-refractivity contribution < 1.29 is 0 Å². The third kappa shape index (κ3) is 1.31. The molecule has 0 saturated carbocycles. The number of nitrogens with zero attached hydrogens (tertiary/aromatic N) is 5. The standard InChI is InChI=1S/C13H9N5/c1-2-11-8-10(9-18(11)14-5-1)12-4-7-17-13(16-12)3-6-15-17/h1-9H. The van der Waals surface area contributed by atoms with Gasteiger partial charge < -0.3 is 0 Å². The van der Waals surface area contributed by atoms with Gasteiger partial charge in [-0.3, -0.25) is 0 Å². The van der Waals surface area contributed by atoms with E-state index in [0.717, 1.165) is 22.4 Å². The molecule has 5 nitrogen and oxygen atoms in total. The van der Waals surface area contributed by atoms with Crippen molar-refractivity contribution in [1.82, 2.24) is 24.2 Å². The highest BCUT2D eigenvalue weighted by atomic mass is 15.2. The zero-order chi connectivity index (χ0) is 11.9. The molecule has 0 N–H and O–H groups in total. The summed E-state index contributed by atoms with van der Waals surface area (Å²) in [6, 6.07) is 9.86. The second-order valence-electron chi connectivity index (χ2n) is 4.07. The summed E-state index contributed by atoms with van der Waals surface area (Å²) >= 11 is 0. The number of rotatable bonds is 1. The highest BCUT2D eigenvalue weighted by molar-refractivity contribution is 5.68. The van der Waals surface area contributed by atoms with E-state index in [0.29, 0.717) is 0 Å². The van der Waals surface area contributed by atoms with Crippen molar-refractivity contribution in [1.29, 1.82) is 0 Å². The zero-order valence-electron chi connectivity index (χ0n) is 9.43. The average Bonchev–Trinajstić information content (AvgIpc) is 3.04. The lowest BCUT2D eigenvalue weighted by Gasteiger charge is -1.97. The van der Waals surface area contributed by atoms with E-state index in [2.05, 4.69) is 21.2 Å². The molecule has 0 bridgehead atoms. The molecule has 4 heterocycles. The normalized spacial score (nSPS) is 11.3. The van der Waals surface area contributed by atoms with Crippen molar-refractivity contribution in [3.8, 4) is 11.3 Å². The maximum Gasteiger partial charge on any atom is 0.155 e. The molecule has 0 aliphatic carbocycles. The lowest BCUT2D eigenvalue weighted by Crippen LogP contribution is -1.90. The van der Waals surface area contributed by atoms with Crippen LogP contribution in [-0.4, -0.2) is 24.2 Å². The number of hydrogen-bond donors (Lipinski definition) is 0. The van der Waals surface area contributed by atoms with Crippen LogP contribution in [-0.2, 0) is 0 Å². The molecule has 0 spiro atoms. The smallest absolute Gasteiger partial charge is 0.155 e. The molecule has 4 rings (SSSR count). The lowest BCUT2D eigenvalue weighted by molar-refractivity contribution is 0.935. The number of aromatic nitrogens is 5. The maximum atomic E-state index is 4.56. The van der Waals surface area contributed by atoms with Crippen LogP contribution in [0.25, 0.3) is 22.4 Å². The van der Waals surface area contributed by atoms with Crippen LogP contribution in [0.3, 0.4) is 0 Å². The van der Waals surface area contributed by atoms with Gasteiger partial charge in [0.25, 0.3) is 0 Å². The molecule has 0 aliphatic rings. The minimum atomic E-state index is 0.843. The lowest BCUT2D eigenvalue weighted by atomic mass is 10.2. The Labute approximate surface area is 102 Å². The second kappa shape index (κ2) is 3.40. The third-order valence-electron chi connectivity index (χ3n) is 2.93. The zero-order valence-corrected chi connectivity index (χ0v) is 9.43. The van der Waals surface area contributed by atoms with Crippen LogP contribution in [0, 0.1) is 0 Å². The SMILES string of the molecule is c1cnn2cc(-c3ccn4nccc4n3)cc2c1. The van der Waals surface area contributed by atoms with Crippen LogP contribution in [0.1, 0.15) is 0 Å². The van der Waals surface area contributed by atoms with Gasteiger partial charge in [-0.15, -0.1) is 0 Å². The monoisotopic (exact) mass is 235 g/mol. The topological polar surface area (TPSA) is 47.5 Å². The summed E-state index contributed by atoms with van der Waals surface area (Å²) < 4.78 is 3.59. The van der Waals surface area contributed by atoms with Crippen molar-refractivity contribution in [3.63, 3.8) is 0 Å². The van der Waals surface area contributed by atoms with Crippen LogP contribution in [0.2, 0.25) is 0 Å². The summed E-state index contributed by atoms with van der Waals surface area (Å²) in [6.07, 6.45) is 7.40. The Morgan fingerprint density at radius 2 is 1.89 bits per heavy atom. The maximum absolute atomic E-state index is 4.56. The second-order valence-corrected chi connectivity index (χ2v) is 4.07. The molecule has 18 heavy (non-hydrogen) atoms. The minimum absolute atomic E-state index is 0.843. The first-order chi connectivity index (χ1) is 8.90. The Morgan fingerprint density at radius 3 is 2.83 bits per heavy atom. The van der Waals surface area contributed by atoms with Gasteiger partial charge in [-0.1, -0.05) is 0 Å². The fraction of sp³-hybridized carbons (Fsp3) is 0. The van der Waals surface area contributed by atoms with Gasteiger partial charge in [0.05, 0.1) is 17.4 Å². The average molecular weight is 235 g/mol. The van der Waals surface area contributed by atoms with E-state index < -0.39 is 0 Å². The van der Waals surface area contributed by atoms with E-state index >= 15 is 0 Å². The van der Waals surface area contributed by atoms with Gasteiger partial charge in [-0.2, -0.15) is 10.2 Å². The van der Waals surface area contributed by atoms with Crippen LogP contribution in [0.5, 0.6) is 0 Å². The molecule has 0 aromatic carbocycles. The third-order valence-corrected chi connectivity index (χ3v) is 2.93. The van der Waals surface area contributed by atoms with Crippen molar-refractivity contribution in [2.24, 2.45) is 0 Å². The summed E-state index contributed by atoms with van der Waals surface area (Å²) in [7, 11) is 0. The van der Waals surface area contributed by atoms with Gasteiger partial charge in [0.2, 0.25) is 0 Å². The molecule has 0 aliphatic heterocycles. The Morgan fingerprint density at radius 1 is 0.944 bits per heavy atom. The van der Waals surface area contributed by atoms with Gasteiger partial charge in [-0.05, 0) is 24.3 Å². The molecule has 5 heteroatoms. The number of hydrogen-bond acceptors (Lipinski definition) is 3. The molecular formula is C13H9N5. The molecule has 0 amide bonds. The molecule has 4 aromatic heterocycles. The van der Waals surface area contributed by atoms with Gasteiger partial charge >= 0.3 is 0 Å². The van der Waals surface area contributed by atoms with Gasteiger partial charge in [-0.25, -0.2) is 14.0 Å². The van der Waals surface area contributed by atoms with E-state index in [1.54, 1.807) is 16.9 Å². The Hall–Kier alpha value is -2.69. The molecular weight excluding hydrogens is 226 g/mol. The van der Waals surface area contributed by atoms with E-state index in [1.165, 1.54) is 0 Å². The van der Waals surface area contributed by atoms with E-state index in [-0.39, 0.29) is 0 Å². The summed E-state index contributed by atoms with van der Waals surface area (Å²) in [4.78, 5) is 4.56. The summed E-state index contributed by atoms with van der Waals surface area (Å²) in [6.45, 7) is 0. The summed E-state index contributed by atoms with van der Waals surface area (Å²) in [5.41, 5.74) is 3.88. The summed E-state index contributed by atoms with van der Waals surface area (Å²) in [5.74, 6) is 0. The first-order valence-electron chi connectivity index (χ1n) is 5.64. The van der Waals surface area contributed by atoms with Gasteiger partial charge in [0.15, 0.2) is 5.65 Å². The van der Waals surface area contributed by atoms with Crippen LogP contribution in [0.4, 0.5) is 0 Å². The highest BCUT2D eigenvalue weighted by Crippen LogP contribution is 2.20. The molecule has 0 fully saturated rings. The molecule has 0 radical (unpaired) electrons. The number of fused-ring (bicyclic) bond motifs is 2. The molecule has 0 atom stereocenters. The van der Waals surface area contributed by atoms with Crippen LogP contribution in [0.15, 0.2) is 55.1 Å². The quantitative estimate of drug-likeness (QED) is 0.507. The van der Waals surface area contributed by atoms with Crippen LogP contribution >= 0.6 is 0 Å². The highest BCUT2D eigenvalue weighted by Gasteiger charge is 2.05. The Balaban J connectivity index is 1.94. The molecule has 4 aromatic rings. The van der Waals surface area contributed by atoms with E-state index in [1.807, 2.05) is 41.2 Å². The predicted octanol–water partition coefficient (Wildman–Crippen LogP) is 2.04. The first kappa shape index (κ1) is 9.35. The van der Waals surface area contributed by atoms with Crippen molar-refractivity contribution in [2.75, 3.05) is 0 Å². The molecule has 0 saturated heterocycles. The minimum Gasteiger partial charge on any atom is -0.240 e. The summed E-state index contributed by atoms with van der Waals surface area (Å²) in [5, 5.41) is 8.38. The van der Waals surface area contributed by atoms with Gasteiger partial charge in [0, 0.05) is 30.2 Å². The van der Waals surface area contributed by atoms with E-state index in [4.69, 9.17) is 0 Å². The largest absolute Gasteiger partial charge is 0.240 e. The van der Waals surface area contributed by atoms with Crippen molar-refractivity contribution in [3.05, 3.63) is 55.1 Å². The fourth-order valence-corrected chi connectivity index (χ4v) is 2.06. The fourth-order valence-electron chi connectivity index (χ4n) is 2.06. The van der Waals surface area contributed by atoms with Crippen LogP contribution < -0.4 is 0 Å². The molecule has 86 valence electrons. The predicted molar refractivity (Wildman–Crippen MR) is 67.2 cm³/mol. The Bertz CT molecular complexity index is 809. The first-order valence-corrected chi connectivity index (χ1v) is 5.64. The van der Waals surface area contributed by atoms with Gasteiger partial charge in [0.1, 0.15) is 0 Å². The van der Waals surface area contributed by atoms with E-state index in [9.17, 15) is 0 Å².